The van der Waals surface area contributed by atoms with Crippen molar-refractivity contribution in [3.63, 3.8) is 0 Å². The summed E-state index contributed by atoms with van der Waals surface area (Å²) in [6.07, 6.45) is 6.70. The number of amides is 1. The van der Waals surface area contributed by atoms with Gasteiger partial charge in [-0.1, -0.05) is 31.4 Å². The van der Waals surface area contributed by atoms with E-state index in [9.17, 15) is 14.7 Å². The molecule has 0 saturated heterocycles. The van der Waals surface area contributed by atoms with E-state index in [1.165, 1.54) is 6.08 Å². The van der Waals surface area contributed by atoms with Crippen molar-refractivity contribution in [2.24, 2.45) is 0 Å². The lowest BCUT2D eigenvalue weighted by atomic mass is 9.81. The normalized spacial score (nSPS) is 17.4. The molecule has 0 bridgehead atoms. The number of carboxylic acid groups (broad SMARTS) is 1. The van der Waals surface area contributed by atoms with Crippen LogP contribution in [0.5, 0.6) is 0 Å². The largest absolute Gasteiger partial charge is 0.480 e. The van der Waals surface area contributed by atoms with E-state index in [4.69, 9.17) is 0 Å². The smallest absolute Gasteiger partial charge is 0.329 e. The van der Waals surface area contributed by atoms with Crippen molar-refractivity contribution in [2.45, 2.75) is 37.6 Å². The van der Waals surface area contributed by atoms with Crippen LogP contribution < -0.4 is 5.32 Å². The average molecular weight is 431 g/mol. The Morgan fingerprint density at radius 3 is 2.50 bits per heavy atom. The van der Waals surface area contributed by atoms with Gasteiger partial charge in [-0.3, -0.25) is 4.79 Å². The van der Waals surface area contributed by atoms with Gasteiger partial charge in [-0.05, 0) is 62.4 Å². The van der Waals surface area contributed by atoms with E-state index < -0.39 is 11.5 Å². The number of carboxylic acids is 1. The fraction of sp³-hybridized carbons (Fsp3) is 0.375. The van der Waals surface area contributed by atoms with Gasteiger partial charge in [0.2, 0.25) is 5.91 Å². The first-order valence-electron chi connectivity index (χ1n) is 7.12. The summed E-state index contributed by atoms with van der Waals surface area (Å²) in [6.45, 7) is 0. The van der Waals surface area contributed by atoms with Crippen molar-refractivity contribution in [2.75, 3.05) is 0 Å². The van der Waals surface area contributed by atoms with E-state index >= 15 is 0 Å². The fourth-order valence-corrected chi connectivity index (χ4v) is 3.42. The van der Waals surface area contributed by atoms with Crippen LogP contribution in [0.4, 0.5) is 0 Å². The Hall–Kier alpha value is -1.14. The van der Waals surface area contributed by atoms with E-state index in [0.29, 0.717) is 12.8 Å². The number of rotatable bonds is 4. The Morgan fingerprint density at radius 2 is 1.86 bits per heavy atom. The number of hydrogen-bond acceptors (Lipinski definition) is 2. The third kappa shape index (κ3) is 3.98. The summed E-state index contributed by atoms with van der Waals surface area (Å²) >= 11 is 6.84. The molecule has 1 fully saturated rings. The molecule has 0 aromatic heterocycles. The molecule has 0 spiro atoms. The molecule has 2 rings (SSSR count). The fourth-order valence-electron chi connectivity index (χ4n) is 2.64. The second kappa shape index (κ2) is 7.42. The maximum Gasteiger partial charge on any atom is 0.329 e. The molecule has 4 nitrogen and oxygen atoms in total. The molecule has 0 unspecified atom stereocenters. The predicted octanol–water partition coefficient (Wildman–Crippen LogP) is 4.13. The average Bonchev–Trinajstić information content (AvgIpc) is 2.49. The lowest BCUT2D eigenvalue weighted by Crippen LogP contribution is -2.55. The summed E-state index contributed by atoms with van der Waals surface area (Å²) in [4.78, 5) is 23.6. The highest BCUT2D eigenvalue weighted by Crippen LogP contribution is 2.29. The summed E-state index contributed by atoms with van der Waals surface area (Å²) in [6, 6.07) is 5.63. The second-order valence-electron chi connectivity index (χ2n) is 5.41. The van der Waals surface area contributed by atoms with E-state index in [-0.39, 0.29) is 5.91 Å². The zero-order valence-electron chi connectivity index (χ0n) is 11.9. The molecule has 6 heteroatoms. The van der Waals surface area contributed by atoms with Gasteiger partial charge in [0.1, 0.15) is 5.54 Å². The minimum absolute atomic E-state index is 0.379. The van der Waals surface area contributed by atoms with Crippen LogP contribution in [0.25, 0.3) is 6.08 Å². The molecule has 1 amide bonds. The monoisotopic (exact) mass is 429 g/mol. The molecule has 22 heavy (non-hydrogen) atoms. The number of carbonyl (C=O) groups is 2. The van der Waals surface area contributed by atoms with Gasteiger partial charge in [0.15, 0.2) is 0 Å². The van der Waals surface area contributed by atoms with Gasteiger partial charge in [0.25, 0.3) is 0 Å². The van der Waals surface area contributed by atoms with Crippen molar-refractivity contribution in [3.05, 3.63) is 38.8 Å². The van der Waals surface area contributed by atoms with Crippen molar-refractivity contribution in [1.82, 2.24) is 5.32 Å². The Kier molecular flexibility index (Phi) is 5.81. The van der Waals surface area contributed by atoms with Gasteiger partial charge in [-0.25, -0.2) is 4.79 Å². The summed E-state index contributed by atoms with van der Waals surface area (Å²) in [7, 11) is 0. The molecular formula is C16H17Br2NO3. The minimum atomic E-state index is -1.12. The van der Waals surface area contributed by atoms with Crippen LogP contribution in [0.1, 0.15) is 37.7 Å². The molecule has 0 aliphatic heterocycles. The number of aliphatic carboxylic acids is 1. The van der Waals surface area contributed by atoms with Crippen LogP contribution >= 0.6 is 31.9 Å². The van der Waals surface area contributed by atoms with Crippen molar-refractivity contribution in [3.8, 4) is 0 Å². The summed E-state index contributed by atoms with van der Waals surface area (Å²) in [5, 5.41) is 12.1. The van der Waals surface area contributed by atoms with Crippen LogP contribution in [0, 0.1) is 0 Å². The minimum Gasteiger partial charge on any atom is -0.480 e. The molecule has 1 aromatic carbocycles. The lowest BCUT2D eigenvalue weighted by molar-refractivity contribution is -0.148. The van der Waals surface area contributed by atoms with Crippen molar-refractivity contribution >= 4 is 49.8 Å². The summed E-state index contributed by atoms with van der Waals surface area (Å²) in [5.74, 6) is -1.33. The Morgan fingerprint density at radius 1 is 1.18 bits per heavy atom. The van der Waals surface area contributed by atoms with Crippen molar-refractivity contribution < 1.29 is 14.7 Å². The van der Waals surface area contributed by atoms with Gasteiger partial charge in [0, 0.05) is 15.0 Å². The van der Waals surface area contributed by atoms with Crippen LogP contribution in [0.15, 0.2) is 33.2 Å². The molecule has 1 aliphatic carbocycles. The SMILES string of the molecule is O=C(C=Cc1cccc(Br)c1Br)NC1(C(=O)O)CCCCC1. The Bertz CT molecular complexity index is 607. The maximum absolute atomic E-state index is 12.1. The van der Waals surface area contributed by atoms with Crippen molar-refractivity contribution in [1.29, 1.82) is 0 Å². The second-order valence-corrected chi connectivity index (χ2v) is 7.06. The van der Waals surface area contributed by atoms with E-state index in [2.05, 4.69) is 37.2 Å². The molecule has 1 aliphatic rings. The lowest BCUT2D eigenvalue weighted by Gasteiger charge is -2.33. The molecule has 0 heterocycles. The third-order valence-electron chi connectivity index (χ3n) is 3.87. The zero-order chi connectivity index (χ0) is 16.2. The first kappa shape index (κ1) is 17.2. The van der Waals surface area contributed by atoms with Gasteiger partial charge < -0.3 is 10.4 Å². The van der Waals surface area contributed by atoms with Crippen LogP contribution in [-0.2, 0) is 9.59 Å². The first-order chi connectivity index (χ1) is 10.4. The van der Waals surface area contributed by atoms with E-state index in [1.807, 2.05) is 18.2 Å². The number of carbonyl (C=O) groups excluding carboxylic acids is 1. The molecule has 2 N–H and O–H groups in total. The van der Waals surface area contributed by atoms with Crippen LogP contribution in [-0.4, -0.2) is 22.5 Å². The molecule has 0 radical (unpaired) electrons. The highest BCUT2D eigenvalue weighted by atomic mass is 79.9. The number of halogens is 2. The van der Waals surface area contributed by atoms with Crippen LogP contribution in [0.3, 0.4) is 0 Å². The first-order valence-corrected chi connectivity index (χ1v) is 8.71. The maximum atomic E-state index is 12.1. The van der Waals surface area contributed by atoms with Gasteiger partial charge in [-0.15, -0.1) is 0 Å². The quantitative estimate of drug-likeness (QED) is 0.705. The number of nitrogens with one attached hydrogen (secondary N) is 1. The number of hydrogen-bond donors (Lipinski definition) is 2. The predicted molar refractivity (Wildman–Crippen MR) is 92.5 cm³/mol. The van der Waals surface area contributed by atoms with E-state index in [0.717, 1.165) is 33.8 Å². The highest BCUT2D eigenvalue weighted by Gasteiger charge is 2.40. The number of benzene rings is 1. The van der Waals surface area contributed by atoms with Gasteiger partial charge in [0.05, 0.1) is 0 Å². The summed E-state index contributed by atoms with van der Waals surface area (Å²) < 4.78 is 1.74. The standard InChI is InChI=1S/C16H17Br2NO3/c17-12-6-4-5-11(14(12)18)7-8-13(20)19-16(15(21)22)9-2-1-3-10-16/h4-8H,1-3,9-10H2,(H,19,20)(H,21,22). The molecule has 0 atom stereocenters. The van der Waals surface area contributed by atoms with Gasteiger partial charge >= 0.3 is 5.97 Å². The topological polar surface area (TPSA) is 66.4 Å². The molecule has 1 saturated carbocycles. The Balaban J connectivity index is 2.10. The van der Waals surface area contributed by atoms with E-state index in [1.54, 1.807) is 6.08 Å². The Labute approximate surface area is 146 Å². The molecular weight excluding hydrogens is 414 g/mol. The van der Waals surface area contributed by atoms with Gasteiger partial charge in [-0.2, -0.15) is 0 Å². The highest BCUT2D eigenvalue weighted by molar-refractivity contribution is 9.13. The zero-order valence-corrected chi connectivity index (χ0v) is 15.1. The molecule has 118 valence electrons. The summed E-state index contributed by atoms with van der Waals surface area (Å²) in [5.41, 5.74) is -0.272. The third-order valence-corrected chi connectivity index (χ3v) is 5.95. The molecule has 1 aromatic rings. The van der Waals surface area contributed by atoms with Crippen LogP contribution in [0.2, 0.25) is 0 Å².